The van der Waals surface area contributed by atoms with Crippen LogP contribution < -0.4 is 20.4 Å². The van der Waals surface area contributed by atoms with Gasteiger partial charge in [-0.1, -0.05) is 105 Å². The molecule has 0 saturated heterocycles. The fraction of sp³-hybridized carbons (Fsp3) is 0.216. The van der Waals surface area contributed by atoms with Gasteiger partial charge in [0.1, 0.15) is 23.3 Å². The van der Waals surface area contributed by atoms with Crippen LogP contribution >= 0.6 is 11.6 Å². The van der Waals surface area contributed by atoms with Gasteiger partial charge in [0.15, 0.2) is 5.65 Å². The Morgan fingerprint density at radius 2 is 1.56 bits per heavy atom. The number of amides is 1. The molecule has 0 spiro atoms. The molecule has 6 aromatic rings. The van der Waals surface area contributed by atoms with Crippen molar-refractivity contribution in [3.05, 3.63) is 127 Å². The quantitative estimate of drug-likeness (QED) is 0.115. The van der Waals surface area contributed by atoms with Crippen LogP contribution in [0.25, 0.3) is 16.7 Å². The fourth-order valence-electron chi connectivity index (χ4n) is 5.88. The van der Waals surface area contributed by atoms with Gasteiger partial charge in [-0.15, -0.1) is 0 Å². The zero-order chi connectivity index (χ0) is 35.1. The highest BCUT2D eigenvalue weighted by Crippen LogP contribution is 2.36. The molecule has 6 rings (SSSR count). The number of nitrogens with one attached hydrogen (secondary N) is 1. The first kappa shape index (κ1) is 34.8. The predicted octanol–water partition coefficient (Wildman–Crippen LogP) is 5.98. The average molecular weight is 711 g/mol. The van der Waals surface area contributed by atoms with Crippen LogP contribution in [0.15, 0.2) is 116 Å². The summed E-state index contributed by atoms with van der Waals surface area (Å²) in [5.41, 5.74) is 1.05. The van der Waals surface area contributed by atoms with E-state index >= 15 is 0 Å². The Hall–Kier alpha value is -5.01. The van der Waals surface area contributed by atoms with Crippen LogP contribution in [0.3, 0.4) is 0 Å². The maximum Gasteiger partial charge on any atom is 0.269 e. The lowest BCUT2D eigenvalue weighted by atomic mass is 10.2. The third-order valence-corrected chi connectivity index (χ3v) is 13.5. The minimum absolute atomic E-state index is 0.118. The molecular weight excluding hydrogens is 675 g/mol. The summed E-state index contributed by atoms with van der Waals surface area (Å²) in [7, 11) is -2.79. The number of ether oxygens (including phenoxy) is 2. The van der Waals surface area contributed by atoms with E-state index in [1.165, 1.54) is 18.5 Å². The van der Waals surface area contributed by atoms with Crippen LogP contribution in [0.4, 0.5) is 10.2 Å². The molecule has 3 heterocycles. The number of rotatable bonds is 13. The minimum atomic E-state index is -2.79. The normalized spacial score (nSPS) is 12.5. The Balaban J connectivity index is 1.22. The van der Waals surface area contributed by atoms with Gasteiger partial charge in [-0.3, -0.25) is 4.79 Å². The number of pyridine rings is 1. The van der Waals surface area contributed by atoms with Crippen LogP contribution in [0, 0.1) is 5.82 Å². The molecule has 0 unspecified atom stereocenters. The maximum atomic E-state index is 13.6. The van der Waals surface area contributed by atoms with Crippen LogP contribution in [-0.4, -0.2) is 64.9 Å². The van der Waals surface area contributed by atoms with Gasteiger partial charge in [-0.2, -0.15) is 5.10 Å². The molecule has 3 aromatic carbocycles. The van der Waals surface area contributed by atoms with Crippen molar-refractivity contribution in [3.63, 3.8) is 0 Å². The summed E-state index contributed by atoms with van der Waals surface area (Å²) in [4.78, 5) is 26.2. The number of para-hydroxylation sites is 1. The third kappa shape index (κ3) is 7.43. The van der Waals surface area contributed by atoms with E-state index in [0.717, 1.165) is 16.6 Å². The summed E-state index contributed by atoms with van der Waals surface area (Å²) in [5.74, 6) is -0.826. The smallest absolute Gasteiger partial charge is 0.269 e. The molecule has 13 heteroatoms. The molecule has 1 amide bonds. The van der Waals surface area contributed by atoms with Gasteiger partial charge in [-0.05, 0) is 39.7 Å². The van der Waals surface area contributed by atoms with E-state index in [0.29, 0.717) is 21.7 Å². The SMILES string of the molecule is CC(C)(C)[Si](OCCOC[C@H](Oc1ncnc2c1cnn2-c1ccccc1Cl)C(=O)Nc1ccc(F)cn1)(c1ccccc1)c1ccccc1. The number of anilines is 1. The van der Waals surface area contributed by atoms with Crippen LogP contribution in [0.1, 0.15) is 20.8 Å². The Morgan fingerprint density at radius 3 is 2.20 bits per heavy atom. The molecule has 1 N–H and O–H groups in total. The van der Waals surface area contributed by atoms with Crippen molar-refractivity contribution >= 4 is 53.1 Å². The predicted molar refractivity (Wildman–Crippen MR) is 193 cm³/mol. The number of benzene rings is 3. The summed E-state index contributed by atoms with van der Waals surface area (Å²) < 4.78 is 34.3. The second-order valence-corrected chi connectivity index (χ2v) is 17.2. The van der Waals surface area contributed by atoms with E-state index in [1.54, 1.807) is 16.9 Å². The van der Waals surface area contributed by atoms with Crippen LogP contribution in [0.2, 0.25) is 10.1 Å². The number of fused-ring (bicyclic) bond motifs is 1. The van der Waals surface area contributed by atoms with Gasteiger partial charge >= 0.3 is 0 Å². The molecule has 50 heavy (non-hydrogen) atoms. The molecule has 0 saturated carbocycles. The van der Waals surface area contributed by atoms with Crippen LogP contribution in [-0.2, 0) is 14.0 Å². The van der Waals surface area contributed by atoms with Crippen molar-refractivity contribution in [3.8, 4) is 11.6 Å². The first-order valence-electron chi connectivity index (χ1n) is 16.0. The first-order chi connectivity index (χ1) is 24.2. The molecule has 0 radical (unpaired) electrons. The largest absolute Gasteiger partial charge is 0.461 e. The van der Waals surface area contributed by atoms with E-state index in [1.807, 2.05) is 54.6 Å². The number of halogens is 2. The molecule has 256 valence electrons. The van der Waals surface area contributed by atoms with Gasteiger partial charge in [0.2, 0.25) is 12.0 Å². The van der Waals surface area contributed by atoms with Crippen molar-refractivity contribution in [2.24, 2.45) is 0 Å². The highest BCUT2D eigenvalue weighted by atomic mass is 35.5. The third-order valence-electron chi connectivity index (χ3n) is 8.17. The molecule has 0 fully saturated rings. The monoisotopic (exact) mass is 710 g/mol. The van der Waals surface area contributed by atoms with E-state index in [4.69, 9.17) is 25.5 Å². The zero-order valence-electron chi connectivity index (χ0n) is 27.8. The summed E-state index contributed by atoms with van der Waals surface area (Å²) >= 11 is 6.43. The molecular formula is C37H36ClFN6O4Si. The molecule has 0 aliphatic heterocycles. The molecule has 0 bridgehead atoms. The lowest BCUT2D eigenvalue weighted by Crippen LogP contribution is -2.66. The Labute approximate surface area is 295 Å². The van der Waals surface area contributed by atoms with E-state index < -0.39 is 26.1 Å². The highest BCUT2D eigenvalue weighted by molar-refractivity contribution is 6.99. The summed E-state index contributed by atoms with van der Waals surface area (Å²) in [6, 6.07) is 30.4. The molecule has 0 aliphatic carbocycles. The van der Waals surface area contributed by atoms with Crippen molar-refractivity contribution < 1.29 is 23.1 Å². The number of carbonyl (C=O) groups is 1. The molecule has 10 nitrogen and oxygen atoms in total. The van der Waals surface area contributed by atoms with Gasteiger partial charge in [0, 0.05) is 0 Å². The van der Waals surface area contributed by atoms with Gasteiger partial charge < -0.3 is 19.2 Å². The molecule has 0 aliphatic rings. The number of carbonyl (C=O) groups excluding carboxylic acids is 1. The Morgan fingerprint density at radius 1 is 0.880 bits per heavy atom. The van der Waals surface area contributed by atoms with Gasteiger partial charge in [-0.25, -0.2) is 24.0 Å². The van der Waals surface area contributed by atoms with Gasteiger partial charge in [0.25, 0.3) is 14.2 Å². The van der Waals surface area contributed by atoms with Crippen molar-refractivity contribution in [1.82, 2.24) is 24.7 Å². The van der Waals surface area contributed by atoms with E-state index in [2.05, 4.69) is 70.4 Å². The van der Waals surface area contributed by atoms with E-state index in [9.17, 15) is 9.18 Å². The summed E-state index contributed by atoms with van der Waals surface area (Å²) in [5, 5.41) is 10.2. The number of hydrogen-bond donors (Lipinski definition) is 1. The minimum Gasteiger partial charge on any atom is -0.461 e. The summed E-state index contributed by atoms with van der Waals surface area (Å²) in [6.45, 7) is 6.90. The lowest BCUT2D eigenvalue weighted by molar-refractivity contribution is -0.125. The lowest BCUT2D eigenvalue weighted by Gasteiger charge is -2.43. The van der Waals surface area contributed by atoms with Crippen molar-refractivity contribution in [2.45, 2.75) is 31.9 Å². The highest BCUT2D eigenvalue weighted by Gasteiger charge is 2.50. The number of aromatic nitrogens is 5. The Bertz CT molecular complexity index is 2010. The fourth-order valence-corrected chi connectivity index (χ4v) is 10.6. The van der Waals surface area contributed by atoms with E-state index in [-0.39, 0.29) is 36.6 Å². The number of hydrogen-bond acceptors (Lipinski definition) is 8. The second kappa shape index (κ2) is 15.3. The van der Waals surface area contributed by atoms with Gasteiger partial charge in [0.05, 0.1) is 42.9 Å². The Kier molecular flexibility index (Phi) is 10.6. The average Bonchev–Trinajstić information content (AvgIpc) is 3.55. The summed E-state index contributed by atoms with van der Waals surface area (Å²) in [6.07, 6.45) is 2.70. The number of nitrogens with zero attached hydrogens (tertiary/aromatic N) is 5. The van der Waals surface area contributed by atoms with Crippen molar-refractivity contribution in [1.29, 1.82) is 0 Å². The topological polar surface area (TPSA) is 113 Å². The molecule has 3 aromatic heterocycles. The van der Waals surface area contributed by atoms with Crippen molar-refractivity contribution in [2.75, 3.05) is 25.1 Å². The maximum absolute atomic E-state index is 13.6. The standard InChI is InChI=1S/C37H36ClFN6O4Si/c1-37(2,3)50(27-12-6-4-7-13-27,28-14-8-5-9-15-28)48-21-20-47-24-32(35(46)44-33-19-18-26(39)22-40-33)49-36-29-23-43-45(34(29)41-25-42-36)31-17-11-10-16-30(31)38/h4-19,22-23,25,32H,20-21,24H2,1-3H3,(H,40,44,46)/t32-/m0/s1. The van der Waals surface area contributed by atoms with Crippen LogP contribution in [0.5, 0.6) is 5.88 Å². The molecule has 1 atom stereocenters. The second-order valence-electron chi connectivity index (χ2n) is 12.5. The zero-order valence-corrected chi connectivity index (χ0v) is 29.5. The first-order valence-corrected chi connectivity index (χ1v) is 18.3.